The third-order valence-corrected chi connectivity index (χ3v) is 0. The first kappa shape index (κ1) is 22.6. The van der Waals surface area contributed by atoms with E-state index in [-0.39, 0.29) is 53.3 Å². The summed E-state index contributed by atoms with van der Waals surface area (Å²) < 4.78 is 8.88. The number of hydrogen-bond acceptors (Lipinski definition) is 1. The quantitative estimate of drug-likeness (QED) is 0.335. The van der Waals surface area contributed by atoms with Crippen LogP contribution in [0.25, 0.3) is 0 Å². The van der Waals surface area contributed by atoms with Crippen molar-refractivity contribution in [2.75, 3.05) is 0 Å². The number of phosphoric acid groups is 1. The summed E-state index contributed by atoms with van der Waals surface area (Å²) in [4.78, 5) is 21.6. The molecule has 48 valence electrons. The molecule has 8 heavy (non-hydrogen) atoms. The second-order valence-corrected chi connectivity index (χ2v) is 1.54. The Morgan fingerprint density at radius 2 is 1.12 bits per heavy atom. The van der Waals surface area contributed by atoms with Gasteiger partial charge in [0.1, 0.15) is 0 Å². The van der Waals surface area contributed by atoms with Crippen molar-refractivity contribution in [3.8, 4) is 0 Å². The second-order valence-electron chi connectivity index (χ2n) is 0.513. The molecule has 0 amide bonds. The van der Waals surface area contributed by atoms with Gasteiger partial charge < -0.3 is 14.7 Å². The summed E-state index contributed by atoms with van der Waals surface area (Å²) in [6, 6.07) is 0. The molecule has 0 radical (unpaired) electrons. The molecule has 0 heterocycles. The maximum absolute atomic E-state index is 8.88. The summed E-state index contributed by atoms with van der Waals surface area (Å²) in [7, 11) is -4.64. The molecule has 0 aromatic heterocycles. The summed E-state index contributed by atoms with van der Waals surface area (Å²) in [6.07, 6.45) is 0. The summed E-state index contributed by atoms with van der Waals surface area (Å²) in [5.74, 6) is 0. The normalized spacial score (nSPS) is 7.38. The third-order valence-electron chi connectivity index (χ3n) is 0. The van der Waals surface area contributed by atoms with E-state index < -0.39 is 7.82 Å². The number of hydrogen-bond donors (Lipinski definition) is 3. The average molecular weight is 214 g/mol. The van der Waals surface area contributed by atoms with Crippen LogP contribution in [0.2, 0.25) is 0 Å². The van der Waals surface area contributed by atoms with Gasteiger partial charge in [0.25, 0.3) is 0 Å². The fraction of sp³-hybridized carbons (Fsp3) is 0. The molecule has 0 aliphatic carbocycles. The summed E-state index contributed by atoms with van der Waals surface area (Å²) >= 11 is 0. The average Bonchev–Trinajstić information content (AvgIpc) is 0.722. The third kappa shape index (κ3) is 115. The molecule has 0 atom stereocenters. The Morgan fingerprint density at radius 1 is 1.12 bits per heavy atom. The van der Waals surface area contributed by atoms with E-state index in [4.69, 9.17) is 19.2 Å². The zero-order chi connectivity index (χ0) is 4.50. The van der Waals surface area contributed by atoms with Crippen LogP contribution in [0.1, 0.15) is 0 Å². The molecule has 0 aromatic carbocycles. The molecule has 0 fully saturated rings. The van der Waals surface area contributed by atoms with Crippen LogP contribution in [0.4, 0.5) is 0 Å². The van der Waals surface area contributed by atoms with Gasteiger partial charge in [0.15, 0.2) is 0 Å². The Balaban J connectivity index is -0.0000000267. The molecular weight excluding hydrogens is 210 g/mol. The van der Waals surface area contributed by atoms with Crippen molar-refractivity contribution in [1.29, 1.82) is 0 Å². The van der Waals surface area contributed by atoms with Crippen LogP contribution < -0.4 is 0 Å². The van der Waals surface area contributed by atoms with Crippen LogP contribution >= 0.6 is 7.82 Å². The molecule has 3 N–H and O–H groups in total. The molecule has 0 spiro atoms. The van der Waals surface area contributed by atoms with Crippen LogP contribution in [0.15, 0.2) is 0 Å². The van der Waals surface area contributed by atoms with E-state index in [0.29, 0.717) is 0 Å². The molecule has 0 saturated heterocycles. The summed E-state index contributed by atoms with van der Waals surface area (Å²) in [5.41, 5.74) is 0. The van der Waals surface area contributed by atoms with Crippen molar-refractivity contribution in [1.82, 2.24) is 0 Å². The molecule has 0 saturated carbocycles. The van der Waals surface area contributed by atoms with Crippen LogP contribution in [0.5, 0.6) is 0 Å². The first-order valence-electron chi connectivity index (χ1n) is 0.783. The Labute approximate surface area is 80.1 Å². The molecule has 4 nitrogen and oxygen atoms in total. The Hall–Kier alpha value is 1.76. The molecule has 0 bridgehead atoms. The van der Waals surface area contributed by atoms with Gasteiger partial charge in [-0.1, -0.05) is 0 Å². The van der Waals surface area contributed by atoms with Crippen molar-refractivity contribution in [3.63, 3.8) is 0 Å². The van der Waals surface area contributed by atoms with Gasteiger partial charge >= 0.3 is 26.7 Å². The van der Waals surface area contributed by atoms with Gasteiger partial charge in [-0.05, 0) is 0 Å². The molecule has 0 aliphatic heterocycles. The Kier molecular flexibility index (Phi) is 24.7. The number of rotatable bonds is 0. The topological polar surface area (TPSA) is 77.8 Å². The zero-order valence-corrected chi connectivity index (χ0v) is 6.23. The Morgan fingerprint density at radius 3 is 1.12 bits per heavy atom. The van der Waals surface area contributed by atoms with Gasteiger partial charge in [0.05, 0.1) is 0 Å². The van der Waals surface area contributed by atoms with E-state index in [2.05, 4.69) is 0 Å². The minimum atomic E-state index is -4.64. The minimum absolute atomic E-state index is 0. The van der Waals surface area contributed by atoms with Gasteiger partial charge in [0, 0.05) is 34.4 Å². The maximum atomic E-state index is 8.88. The second kappa shape index (κ2) is 8.76. The van der Waals surface area contributed by atoms with Gasteiger partial charge in [-0.25, -0.2) is 4.57 Å². The van der Waals surface area contributed by atoms with E-state index >= 15 is 0 Å². The molecule has 8 heteroatoms. The van der Waals surface area contributed by atoms with Gasteiger partial charge in [-0.3, -0.25) is 0 Å². The zero-order valence-electron chi connectivity index (χ0n) is 2.96. The predicted octanol–water partition coefficient (Wildman–Crippen LogP) is -1.58. The van der Waals surface area contributed by atoms with E-state index in [1.54, 1.807) is 0 Å². The fourth-order valence-electron chi connectivity index (χ4n) is 0. The van der Waals surface area contributed by atoms with Crippen LogP contribution in [0.3, 0.4) is 0 Å². The fourth-order valence-corrected chi connectivity index (χ4v) is 0. The molecule has 0 aromatic rings. The van der Waals surface area contributed by atoms with E-state index in [1.165, 1.54) is 0 Å². The van der Waals surface area contributed by atoms with Gasteiger partial charge in [-0.15, -0.1) is 0 Å². The molecule has 0 unspecified atom stereocenters. The van der Waals surface area contributed by atoms with Crippen molar-refractivity contribution in [3.05, 3.63) is 0 Å². The van der Waals surface area contributed by atoms with Crippen LogP contribution in [-0.2, 0) is 39.0 Å². The van der Waals surface area contributed by atoms with Gasteiger partial charge in [0.2, 0.25) is 0 Å². The van der Waals surface area contributed by atoms with Crippen molar-refractivity contribution < 1.29 is 53.7 Å². The predicted molar refractivity (Wildman–Crippen MR) is 21.4 cm³/mol. The van der Waals surface area contributed by atoms with Gasteiger partial charge in [-0.2, -0.15) is 0 Å². The Bertz CT molecular complexity index is 62.2. The summed E-state index contributed by atoms with van der Waals surface area (Å²) in [6.45, 7) is 0. The summed E-state index contributed by atoms with van der Waals surface area (Å²) in [5, 5.41) is 0. The van der Waals surface area contributed by atoms with E-state index in [1.807, 2.05) is 0 Å². The van der Waals surface area contributed by atoms with Crippen molar-refractivity contribution >= 4 is 26.7 Å². The van der Waals surface area contributed by atoms with Crippen LogP contribution in [0, 0.1) is 0 Å². The molecule has 0 aliphatic rings. The molecule has 0 rings (SSSR count). The first-order valence-corrected chi connectivity index (χ1v) is 2.35. The van der Waals surface area contributed by atoms with E-state index in [0.717, 1.165) is 0 Å². The standard InChI is InChI=1S/Cr.Fe.Li.H3O4P.H/c;;;1-5(2,3)4;/h;;;(H3,1,2,3,4);. The van der Waals surface area contributed by atoms with E-state index in [9.17, 15) is 0 Å². The van der Waals surface area contributed by atoms with Crippen molar-refractivity contribution in [2.45, 2.75) is 0 Å². The SMILES string of the molecule is O=P(O)(O)O.[Cr].[Fe].[LiH]. The molecular formula is H4CrFeLiO4P. The monoisotopic (exact) mass is 214 g/mol. The van der Waals surface area contributed by atoms with Crippen molar-refractivity contribution in [2.24, 2.45) is 0 Å². The van der Waals surface area contributed by atoms with Crippen LogP contribution in [-0.4, -0.2) is 33.5 Å². The first-order chi connectivity index (χ1) is 2.00.